The van der Waals surface area contributed by atoms with Gasteiger partial charge in [0.1, 0.15) is 11.3 Å². The molecule has 5 nitrogen and oxygen atoms in total. The third-order valence-corrected chi connectivity index (χ3v) is 2.63. The maximum absolute atomic E-state index is 10.3. The van der Waals surface area contributed by atoms with Crippen LogP contribution >= 0.6 is 0 Å². The number of carboxylic acids is 2. The molecule has 0 fully saturated rings. The zero-order valence-corrected chi connectivity index (χ0v) is 11.7. The molecule has 0 spiro atoms. The molecule has 0 radical (unpaired) electrons. The van der Waals surface area contributed by atoms with Crippen molar-refractivity contribution in [2.24, 2.45) is 0 Å². The lowest BCUT2D eigenvalue weighted by Gasteiger charge is -1.95. The van der Waals surface area contributed by atoms with Crippen molar-refractivity contribution in [1.29, 1.82) is 0 Å². The normalized spacial score (nSPS) is 9.45. The zero-order valence-electron chi connectivity index (χ0n) is 11.7. The maximum atomic E-state index is 10.3. The van der Waals surface area contributed by atoms with Gasteiger partial charge in [-0.3, -0.25) is 4.79 Å². The van der Waals surface area contributed by atoms with E-state index in [1.165, 1.54) is 31.4 Å². The molecule has 0 bridgehead atoms. The van der Waals surface area contributed by atoms with Crippen LogP contribution in [0.1, 0.15) is 55.8 Å². The highest BCUT2D eigenvalue weighted by Gasteiger charge is 2.05. The Morgan fingerprint density at radius 3 is 2.05 bits per heavy atom. The highest BCUT2D eigenvalue weighted by molar-refractivity contribution is 5.90. The molecule has 5 heteroatoms. The van der Waals surface area contributed by atoms with Crippen LogP contribution in [0, 0.1) is 0 Å². The van der Waals surface area contributed by atoms with Crippen molar-refractivity contribution >= 4 is 11.9 Å². The Labute approximate surface area is 118 Å². The average Bonchev–Trinajstić information content (AvgIpc) is 2.39. The second-order valence-electron chi connectivity index (χ2n) is 4.38. The number of unbranched alkanes of at least 4 members (excludes halogenated alkanes) is 4. The smallest absolute Gasteiger partial charge is 0.339 e. The molecule has 0 aliphatic rings. The van der Waals surface area contributed by atoms with Crippen LogP contribution in [0.2, 0.25) is 0 Å². The van der Waals surface area contributed by atoms with Crippen molar-refractivity contribution in [3.05, 3.63) is 29.8 Å². The van der Waals surface area contributed by atoms with Gasteiger partial charge in [0.05, 0.1) is 0 Å². The first-order valence-electron chi connectivity index (χ1n) is 6.72. The minimum Gasteiger partial charge on any atom is -0.507 e. The van der Waals surface area contributed by atoms with E-state index in [0.717, 1.165) is 12.8 Å². The zero-order chi connectivity index (χ0) is 15.4. The molecule has 20 heavy (non-hydrogen) atoms. The van der Waals surface area contributed by atoms with Gasteiger partial charge in [-0.15, -0.1) is 0 Å². The maximum Gasteiger partial charge on any atom is 0.339 e. The molecule has 1 rings (SSSR count). The number of hydrogen-bond donors (Lipinski definition) is 3. The van der Waals surface area contributed by atoms with E-state index in [1.807, 2.05) is 0 Å². The van der Waals surface area contributed by atoms with Gasteiger partial charge < -0.3 is 15.3 Å². The number of aromatic hydroxyl groups is 1. The SMILES string of the molecule is CCCCCCCC(=O)O.O=C(O)c1ccccc1O. The standard InChI is InChI=1S/C8H16O2.C7H6O3/c1-2-3-4-5-6-7-8(9)10;8-6-4-2-1-3-5(6)7(9)10/h2-7H2,1H3,(H,9,10);1-4,8H,(H,9,10). The van der Waals surface area contributed by atoms with Crippen molar-refractivity contribution in [3.8, 4) is 5.75 Å². The van der Waals surface area contributed by atoms with Gasteiger partial charge in [-0.1, -0.05) is 44.7 Å². The topological polar surface area (TPSA) is 94.8 Å². The predicted octanol–water partition coefficient (Wildman–Crippen LogP) is 3.52. The van der Waals surface area contributed by atoms with Gasteiger partial charge in [-0.25, -0.2) is 4.79 Å². The molecule has 3 N–H and O–H groups in total. The molecular formula is C15H22O5. The molecule has 0 aromatic heterocycles. The summed E-state index contributed by atoms with van der Waals surface area (Å²) in [5.41, 5.74) is -0.0671. The van der Waals surface area contributed by atoms with Gasteiger partial charge >= 0.3 is 11.9 Å². The predicted molar refractivity (Wildman–Crippen MR) is 76.1 cm³/mol. The third-order valence-electron chi connectivity index (χ3n) is 2.63. The third kappa shape index (κ3) is 8.97. The van der Waals surface area contributed by atoms with Crippen molar-refractivity contribution in [2.45, 2.75) is 45.4 Å². The van der Waals surface area contributed by atoms with Crippen molar-refractivity contribution in [2.75, 3.05) is 0 Å². The highest BCUT2D eigenvalue weighted by Crippen LogP contribution is 2.14. The number of benzene rings is 1. The number of aliphatic carboxylic acids is 1. The number of hydrogen-bond acceptors (Lipinski definition) is 3. The summed E-state index contributed by atoms with van der Waals surface area (Å²) in [6.07, 6.45) is 5.88. The Morgan fingerprint density at radius 2 is 1.60 bits per heavy atom. The van der Waals surface area contributed by atoms with Crippen LogP contribution in [-0.4, -0.2) is 27.3 Å². The molecule has 0 aliphatic carbocycles. The second-order valence-corrected chi connectivity index (χ2v) is 4.38. The van der Waals surface area contributed by atoms with Gasteiger partial charge in [0.25, 0.3) is 0 Å². The molecule has 0 heterocycles. The lowest BCUT2D eigenvalue weighted by atomic mass is 10.1. The molecule has 1 aromatic carbocycles. The summed E-state index contributed by atoms with van der Waals surface area (Å²) in [5.74, 6) is -1.98. The van der Waals surface area contributed by atoms with E-state index >= 15 is 0 Å². The fraction of sp³-hybridized carbons (Fsp3) is 0.467. The van der Waals surface area contributed by atoms with Gasteiger partial charge in [0, 0.05) is 6.42 Å². The Balaban J connectivity index is 0.000000361. The summed E-state index contributed by atoms with van der Waals surface area (Å²) in [6, 6.07) is 5.81. The molecular weight excluding hydrogens is 260 g/mol. The van der Waals surface area contributed by atoms with E-state index in [9.17, 15) is 9.59 Å². The number of rotatable bonds is 7. The number of phenols is 1. The summed E-state index contributed by atoms with van der Waals surface area (Å²) >= 11 is 0. The fourth-order valence-corrected chi connectivity index (χ4v) is 1.53. The summed E-state index contributed by atoms with van der Waals surface area (Å²) in [4.78, 5) is 20.3. The molecule has 0 saturated carbocycles. The minimum atomic E-state index is -1.11. The van der Waals surface area contributed by atoms with Crippen LogP contribution in [0.25, 0.3) is 0 Å². The van der Waals surface area contributed by atoms with Gasteiger partial charge in [-0.05, 0) is 18.6 Å². The van der Waals surface area contributed by atoms with Crippen LogP contribution in [0.15, 0.2) is 24.3 Å². The Kier molecular flexibility index (Phi) is 9.74. The number of carbonyl (C=O) groups is 2. The molecule has 0 unspecified atom stereocenters. The monoisotopic (exact) mass is 282 g/mol. The van der Waals surface area contributed by atoms with Gasteiger partial charge in [0.15, 0.2) is 0 Å². The minimum absolute atomic E-state index is 0.0671. The molecule has 112 valence electrons. The molecule has 0 amide bonds. The van der Waals surface area contributed by atoms with Crippen LogP contribution in [0.4, 0.5) is 0 Å². The fourth-order valence-electron chi connectivity index (χ4n) is 1.53. The van der Waals surface area contributed by atoms with E-state index in [0.29, 0.717) is 6.42 Å². The van der Waals surface area contributed by atoms with Crippen LogP contribution < -0.4 is 0 Å². The van der Waals surface area contributed by atoms with E-state index < -0.39 is 11.9 Å². The first-order chi connectivity index (χ1) is 9.49. The number of carboxylic acid groups (broad SMARTS) is 2. The van der Waals surface area contributed by atoms with E-state index in [2.05, 4.69) is 6.92 Å². The quantitative estimate of drug-likeness (QED) is 0.665. The molecule has 0 atom stereocenters. The Hall–Kier alpha value is -2.04. The van der Waals surface area contributed by atoms with Gasteiger partial charge in [0.2, 0.25) is 0 Å². The average molecular weight is 282 g/mol. The Bertz CT molecular complexity index is 414. The molecule has 0 aliphatic heterocycles. The van der Waals surface area contributed by atoms with Gasteiger partial charge in [-0.2, -0.15) is 0 Å². The van der Waals surface area contributed by atoms with E-state index in [-0.39, 0.29) is 11.3 Å². The lowest BCUT2D eigenvalue weighted by Crippen LogP contribution is -1.95. The second kappa shape index (κ2) is 10.8. The largest absolute Gasteiger partial charge is 0.507 e. The van der Waals surface area contributed by atoms with Crippen LogP contribution in [0.3, 0.4) is 0 Å². The van der Waals surface area contributed by atoms with Crippen molar-refractivity contribution < 1.29 is 24.9 Å². The van der Waals surface area contributed by atoms with Crippen molar-refractivity contribution in [3.63, 3.8) is 0 Å². The first kappa shape index (κ1) is 18.0. The molecule has 0 saturated heterocycles. The van der Waals surface area contributed by atoms with Crippen LogP contribution in [-0.2, 0) is 4.79 Å². The summed E-state index contributed by atoms with van der Waals surface area (Å²) in [7, 11) is 0. The first-order valence-corrected chi connectivity index (χ1v) is 6.72. The molecule has 1 aromatic rings. The van der Waals surface area contributed by atoms with E-state index in [4.69, 9.17) is 15.3 Å². The Morgan fingerprint density at radius 1 is 1.00 bits per heavy atom. The van der Waals surface area contributed by atoms with E-state index in [1.54, 1.807) is 12.1 Å². The summed E-state index contributed by atoms with van der Waals surface area (Å²) in [6.45, 7) is 2.15. The van der Waals surface area contributed by atoms with Crippen molar-refractivity contribution in [1.82, 2.24) is 0 Å². The summed E-state index contributed by atoms with van der Waals surface area (Å²) < 4.78 is 0. The number of aromatic carboxylic acids is 1. The number of para-hydroxylation sites is 1. The summed E-state index contributed by atoms with van der Waals surface area (Å²) in [5, 5.41) is 25.6. The highest BCUT2D eigenvalue weighted by atomic mass is 16.4. The van der Waals surface area contributed by atoms with Crippen LogP contribution in [0.5, 0.6) is 5.75 Å². The lowest BCUT2D eigenvalue weighted by molar-refractivity contribution is -0.137.